The van der Waals surface area contributed by atoms with Gasteiger partial charge in [0.1, 0.15) is 9.84 Å². The molecule has 0 aliphatic carbocycles. The molecule has 0 aromatic heterocycles. The smallest absolute Gasteiger partial charge is 0.237 e. The number of hydrogen-bond donors (Lipinski definition) is 2. The van der Waals surface area contributed by atoms with Gasteiger partial charge in [-0.3, -0.25) is 4.79 Å². The molecule has 3 N–H and O–H groups in total. The average Bonchev–Trinajstić information content (AvgIpc) is 2.35. The van der Waals surface area contributed by atoms with Crippen molar-refractivity contribution in [1.82, 2.24) is 5.32 Å². The first-order valence-electron chi connectivity index (χ1n) is 6.49. The Labute approximate surface area is 120 Å². The molecular formula is C14H22N2O3S. The van der Waals surface area contributed by atoms with Gasteiger partial charge in [0.15, 0.2) is 0 Å². The van der Waals surface area contributed by atoms with Crippen LogP contribution in [0.25, 0.3) is 0 Å². The Bertz CT molecular complexity index is 552. The van der Waals surface area contributed by atoms with Gasteiger partial charge in [-0.2, -0.15) is 0 Å². The van der Waals surface area contributed by atoms with E-state index in [-0.39, 0.29) is 24.1 Å². The van der Waals surface area contributed by atoms with Gasteiger partial charge >= 0.3 is 0 Å². The van der Waals surface area contributed by atoms with Crippen LogP contribution >= 0.6 is 0 Å². The first-order chi connectivity index (χ1) is 9.19. The van der Waals surface area contributed by atoms with E-state index < -0.39 is 15.9 Å². The number of nitrogens with one attached hydrogen (secondary N) is 1. The largest absolute Gasteiger partial charge is 0.348 e. The Morgan fingerprint density at radius 2 is 1.85 bits per heavy atom. The van der Waals surface area contributed by atoms with E-state index in [2.05, 4.69) is 5.32 Å². The van der Waals surface area contributed by atoms with Crippen molar-refractivity contribution < 1.29 is 13.2 Å². The van der Waals surface area contributed by atoms with Crippen LogP contribution in [0.5, 0.6) is 0 Å². The van der Waals surface area contributed by atoms with Crippen molar-refractivity contribution in [3.63, 3.8) is 0 Å². The van der Waals surface area contributed by atoms with E-state index in [1.807, 2.05) is 38.1 Å². The lowest BCUT2D eigenvalue weighted by Crippen LogP contribution is -2.42. The van der Waals surface area contributed by atoms with Crippen LogP contribution in [0.2, 0.25) is 0 Å². The summed E-state index contributed by atoms with van der Waals surface area (Å²) in [4.78, 5) is 11.9. The van der Waals surface area contributed by atoms with Crippen LogP contribution in [0, 0.1) is 6.92 Å². The maximum absolute atomic E-state index is 11.9. The molecule has 1 unspecified atom stereocenters. The highest BCUT2D eigenvalue weighted by Crippen LogP contribution is 2.13. The zero-order valence-corrected chi connectivity index (χ0v) is 12.9. The van der Waals surface area contributed by atoms with E-state index >= 15 is 0 Å². The number of benzene rings is 1. The molecule has 5 nitrogen and oxygen atoms in total. The summed E-state index contributed by atoms with van der Waals surface area (Å²) in [5.41, 5.74) is 7.83. The molecule has 0 bridgehead atoms. The summed E-state index contributed by atoms with van der Waals surface area (Å²) in [7, 11) is -3.10. The van der Waals surface area contributed by atoms with Crippen molar-refractivity contribution in [1.29, 1.82) is 0 Å². The Morgan fingerprint density at radius 3 is 2.35 bits per heavy atom. The summed E-state index contributed by atoms with van der Waals surface area (Å²) in [5, 5.41) is 2.79. The van der Waals surface area contributed by atoms with Crippen molar-refractivity contribution in [2.75, 3.05) is 12.0 Å². The molecule has 0 fully saturated rings. The topological polar surface area (TPSA) is 89.3 Å². The SMILES string of the molecule is Cc1ccc([C@H](C)NC(=O)C(N)CCS(C)(=O)=O)cc1. The minimum absolute atomic E-state index is 0.0828. The van der Waals surface area contributed by atoms with Crippen LogP contribution in [0.1, 0.15) is 30.5 Å². The molecular weight excluding hydrogens is 276 g/mol. The number of rotatable bonds is 6. The van der Waals surface area contributed by atoms with E-state index in [1.54, 1.807) is 0 Å². The van der Waals surface area contributed by atoms with E-state index in [4.69, 9.17) is 5.73 Å². The van der Waals surface area contributed by atoms with Gasteiger partial charge in [0, 0.05) is 6.26 Å². The van der Waals surface area contributed by atoms with Gasteiger partial charge in [0.05, 0.1) is 17.8 Å². The lowest BCUT2D eigenvalue weighted by Gasteiger charge is -2.18. The minimum Gasteiger partial charge on any atom is -0.348 e. The lowest BCUT2D eigenvalue weighted by atomic mass is 10.1. The van der Waals surface area contributed by atoms with E-state index in [1.165, 1.54) is 0 Å². The molecule has 0 saturated heterocycles. The van der Waals surface area contributed by atoms with Gasteiger partial charge in [0.25, 0.3) is 0 Å². The Kier molecular flexibility index (Phi) is 5.71. The molecule has 1 amide bonds. The quantitative estimate of drug-likeness (QED) is 0.817. The van der Waals surface area contributed by atoms with Crippen LogP contribution in [0.3, 0.4) is 0 Å². The highest BCUT2D eigenvalue weighted by Gasteiger charge is 2.18. The molecule has 2 atom stereocenters. The Hall–Kier alpha value is -1.40. The fraction of sp³-hybridized carbons (Fsp3) is 0.500. The first kappa shape index (κ1) is 16.7. The zero-order valence-electron chi connectivity index (χ0n) is 12.1. The second-order valence-corrected chi connectivity index (χ2v) is 7.43. The van der Waals surface area contributed by atoms with Crippen LogP contribution in [0.15, 0.2) is 24.3 Å². The van der Waals surface area contributed by atoms with Crippen LogP contribution in [-0.2, 0) is 14.6 Å². The zero-order chi connectivity index (χ0) is 15.3. The molecule has 20 heavy (non-hydrogen) atoms. The fourth-order valence-electron chi connectivity index (χ4n) is 1.73. The number of carbonyl (C=O) groups excluding carboxylic acids is 1. The van der Waals surface area contributed by atoms with Gasteiger partial charge < -0.3 is 11.1 Å². The standard InChI is InChI=1S/C14H22N2O3S/c1-10-4-6-12(7-5-10)11(2)16-14(17)13(15)8-9-20(3,18)19/h4-7,11,13H,8-9,15H2,1-3H3,(H,16,17)/t11-,13?/m0/s1. The van der Waals surface area contributed by atoms with Crippen LogP contribution in [0.4, 0.5) is 0 Å². The molecule has 0 heterocycles. The predicted molar refractivity (Wildman–Crippen MR) is 80.0 cm³/mol. The summed E-state index contributed by atoms with van der Waals surface area (Å²) in [6.45, 7) is 3.86. The summed E-state index contributed by atoms with van der Waals surface area (Å²) in [5.74, 6) is -0.415. The van der Waals surface area contributed by atoms with Crippen molar-refractivity contribution in [2.45, 2.75) is 32.4 Å². The third kappa shape index (κ3) is 5.71. The average molecular weight is 298 g/mol. The van der Waals surface area contributed by atoms with Gasteiger partial charge in [0.2, 0.25) is 5.91 Å². The third-order valence-corrected chi connectivity index (χ3v) is 4.05. The van der Waals surface area contributed by atoms with Gasteiger partial charge in [-0.05, 0) is 25.8 Å². The van der Waals surface area contributed by atoms with Gasteiger partial charge in [-0.25, -0.2) is 8.42 Å². The maximum atomic E-state index is 11.9. The van der Waals surface area contributed by atoms with Gasteiger partial charge in [-0.15, -0.1) is 0 Å². The van der Waals surface area contributed by atoms with E-state index in [0.29, 0.717) is 0 Å². The molecule has 0 radical (unpaired) electrons. The van der Waals surface area contributed by atoms with E-state index in [0.717, 1.165) is 17.4 Å². The lowest BCUT2D eigenvalue weighted by molar-refractivity contribution is -0.123. The van der Waals surface area contributed by atoms with Crippen molar-refractivity contribution >= 4 is 15.7 Å². The highest BCUT2D eigenvalue weighted by atomic mass is 32.2. The second-order valence-electron chi connectivity index (χ2n) is 5.17. The van der Waals surface area contributed by atoms with E-state index in [9.17, 15) is 13.2 Å². The minimum atomic E-state index is -3.10. The molecule has 1 rings (SSSR count). The molecule has 1 aromatic carbocycles. The monoisotopic (exact) mass is 298 g/mol. The molecule has 0 saturated carbocycles. The number of sulfone groups is 1. The Morgan fingerprint density at radius 1 is 1.30 bits per heavy atom. The summed E-state index contributed by atoms with van der Waals surface area (Å²) in [6.07, 6.45) is 1.26. The summed E-state index contributed by atoms with van der Waals surface area (Å²) >= 11 is 0. The maximum Gasteiger partial charge on any atom is 0.237 e. The van der Waals surface area contributed by atoms with Crippen LogP contribution < -0.4 is 11.1 Å². The number of hydrogen-bond acceptors (Lipinski definition) is 4. The van der Waals surface area contributed by atoms with Crippen LogP contribution in [-0.4, -0.2) is 32.4 Å². The number of nitrogens with two attached hydrogens (primary N) is 1. The third-order valence-electron chi connectivity index (χ3n) is 3.07. The fourth-order valence-corrected chi connectivity index (χ4v) is 2.41. The summed E-state index contributed by atoms with van der Waals surface area (Å²) in [6, 6.07) is 6.87. The highest BCUT2D eigenvalue weighted by molar-refractivity contribution is 7.90. The number of carbonyl (C=O) groups is 1. The number of amides is 1. The predicted octanol–water partition coefficient (Wildman–Crippen LogP) is 0.934. The molecule has 0 aliphatic heterocycles. The first-order valence-corrected chi connectivity index (χ1v) is 8.55. The normalized spacial score (nSPS) is 14.6. The molecule has 6 heteroatoms. The molecule has 112 valence electrons. The summed E-state index contributed by atoms with van der Waals surface area (Å²) < 4.78 is 22.1. The number of aryl methyl sites for hydroxylation is 1. The second kappa shape index (κ2) is 6.85. The Balaban J connectivity index is 2.54. The molecule has 1 aromatic rings. The van der Waals surface area contributed by atoms with Crippen molar-refractivity contribution in [3.8, 4) is 0 Å². The van der Waals surface area contributed by atoms with Crippen molar-refractivity contribution in [2.24, 2.45) is 5.73 Å². The van der Waals surface area contributed by atoms with Gasteiger partial charge in [-0.1, -0.05) is 29.8 Å². The molecule has 0 spiro atoms. The van der Waals surface area contributed by atoms with Crippen molar-refractivity contribution in [3.05, 3.63) is 35.4 Å². The molecule has 0 aliphatic rings.